The first-order chi connectivity index (χ1) is 16.1. The van der Waals surface area contributed by atoms with Crippen LogP contribution in [-0.4, -0.2) is 37.6 Å². The Labute approximate surface area is 193 Å². The van der Waals surface area contributed by atoms with Crippen molar-refractivity contribution in [1.82, 2.24) is 4.90 Å². The molecule has 1 atom stereocenters. The van der Waals surface area contributed by atoms with Gasteiger partial charge in [0.25, 0.3) is 5.91 Å². The van der Waals surface area contributed by atoms with Crippen LogP contribution in [-0.2, 0) is 0 Å². The minimum atomic E-state index is -0.721. The predicted octanol–water partition coefficient (Wildman–Crippen LogP) is 5.31. The van der Waals surface area contributed by atoms with Gasteiger partial charge in [0.05, 0.1) is 25.5 Å². The Morgan fingerprint density at radius 1 is 0.939 bits per heavy atom. The quantitative estimate of drug-likeness (QED) is 0.558. The maximum atomic E-state index is 13.7. The van der Waals surface area contributed by atoms with Gasteiger partial charge in [-0.25, -0.2) is 4.79 Å². The number of para-hydroxylation sites is 3. The molecule has 1 aliphatic heterocycles. The summed E-state index contributed by atoms with van der Waals surface area (Å²) in [5, 5.41) is 2.97. The van der Waals surface area contributed by atoms with Gasteiger partial charge in [0.1, 0.15) is 6.17 Å². The molecule has 3 amide bonds. The summed E-state index contributed by atoms with van der Waals surface area (Å²) in [6, 6.07) is 21.6. The number of hydrogen-bond donors (Lipinski definition) is 1. The molecule has 0 radical (unpaired) electrons. The Morgan fingerprint density at radius 3 is 2.36 bits per heavy atom. The smallest absolute Gasteiger partial charge is 0.328 e. The van der Waals surface area contributed by atoms with E-state index < -0.39 is 6.17 Å². The highest BCUT2D eigenvalue weighted by Crippen LogP contribution is 2.44. The molecule has 1 N–H and O–H groups in total. The summed E-state index contributed by atoms with van der Waals surface area (Å²) >= 11 is 0. The lowest BCUT2D eigenvalue weighted by atomic mass is 10.00. The maximum absolute atomic E-state index is 13.7. The van der Waals surface area contributed by atoms with E-state index in [2.05, 4.69) is 5.32 Å². The number of anilines is 2. The van der Waals surface area contributed by atoms with Crippen LogP contribution in [0.1, 0.15) is 35.4 Å². The lowest BCUT2D eigenvalue weighted by Gasteiger charge is -2.44. The number of hydrogen-bond acceptors (Lipinski definition) is 4. The second-order valence-corrected chi connectivity index (χ2v) is 7.64. The number of carbonyl (C=O) groups is 2. The van der Waals surface area contributed by atoms with E-state index in [9.17, 15) is 9.59 Å². The fourth-order valence-electron chi connectivity index (χ4n) is 4.21. The minimum Gasteiger partial charge on any atom is -0.493 e. The second-order valence-electron chi connectivity index (χ2n) is 7.64. The van der Waals surface area contributed by atoms with E-state index in [0.717, 1.165) is 6.42 Å². The van der Waals surface area contributed by atoms with Crippen LogP contribution in [0.15, 0.2) is 72.8 Å². The Morgan fingerprint density at radius 2 is 1.67 bits per heavy atom. The number of nitrogens with zero attached hydrogens (tertiary/aromatic N) is 2. The number of nitrogens with one attached hydrogen (secondary N) is 1. The Balaban J connectivity index is 1.91. The van der Waals surface area contributed by atoms with E-state index in [4.69, 9.17) is 9.47 Å². The number of methoxy groups -OCH3 is 2. The fourth-order valence-corrected chi connectivity index (χ4v) is 4.21. The van der Waals surface area contributed by atoms with Gasteiger partial charge in [-0.2, -0.15) is 0 Å². The number of fused-ring (bicyclic) bond motifs is 1. The molecule has 170 valence electrons. The molecule has 0 bridgehead atoms. The second kappa shape index (κ2) is 9.65. The van der Waals surface area contributed by atoms with Crippen molar-refractivity contribution in [3.63, 3.8) is 0 Å². The molecule has 1 unspecified atom stereocenters. The van der Waals surface area contributed by atoms with Gasteiger partial charge in [0.15, 0.2) is 11.5 Å². The van der Waals surface area contributed by atoms with E-state index in [0.29, 0.717) is 40.5 Å². The lowest BCUT2D eigenvalue weighted by molar-refractivity contribution is 0.0655. The zero-order chi connectivity index (χ0) is 23.4. The summed E-state index contributed by atoms with van der Waals surface area (Å²) in [7, 11) is 3.12. The molecule has 0 aromatic heterocycles. The van der Waals surface area contributed by atoms with E-state index >= 15 is 0 Å². The third kappa shape index (κ3) is 4.09. The van der Waals surface area contributed by atoms with Crippen LogP contribution in [0.25, 0.3) is 0 Å². The van der Waals surface area contributed by atoms with Crippen LogP contribution in [0.5, 0.6) is 11.5 Å². The zero-order valence-corrected chi connectivity index (χ0v) is 18.9. The van der Waals surface area contributed by atoms with E-state index in [1.54, 1.807) is 48.3 Å². The number of amides is 3. The highest BCUT2D eigenvalue weighted by molar-refractivity contribution is 6.11. The average Bonchev–Trinajstić information content (AvgIpc) is 2.85. The highest BCUT2D eigenvalue weighted by atomic mass is 16.5. The Kier molecular flexibility index (Phi) is 6.49. The van der Waals surface area contributed by atoms with Gasteiger partial charge in [-0.05, 0) is 36.8 Å². The summed E-state index contributed by atoms with van der Waals surface area (Å²) < 4.78 is 11.2. The van der Waals surface area contributed by atoms with Crippen molar-refractivity contribution >= 4 is 23.3 Å². The van der Waals surface area contributed by atoms with Crippen LogP contribution in [0, 0.1) is 0 Å². The Bertz CT molecular complexity index is 1150. The highest BCUT2D eigenvalue weighted by Gasteiger charge is 2.42. The summed E-state index contributed by atoms with van der Waals surface area (Å²) in [6.45, 7) is 2.47. The summed E-state index contributed by atoms with van der Waals surface area (Å²) in [5.74, 6) is 0.878. The fraction of sp³-hybridized carbons (Fsp3) is 0.231. The molecule has 3 aromatic rings. The van der Waals surface area contributed by atoms with Gasteiger partial charge >= 0.3 is 6.03 Å². The zero-order valence-electron chi connectivity index (χ0n) is 18.9. The van der Waals surface area contributed by atoms with E-state index in [-0.39, 0.29) is 11.9 Å². The molecule has 0 spiro atoms. The predicted molar refractivity (Wildman–Crippen MR) is 128 cm³/mol. The molecule has 7 heteroatoms. The van der Waals surface area contributed by atoms with Crippen molar-refractivity contribution in [1.29, 1.82) is 0 Å². The van der Waals surface area contributed by atoms with Gasteiger partial charge in [0.2, 0.25) is 0 Å². The van der Waals surface area contributed by atoms with Gasteiger partial charge < -0.3 is 19.7 Å². The van der Waals surface area contributed by atoms with Crippen molar-refractivity contribution in [3.8, 4) is 11.5 Å². The molecule has 1 heterocycles. The average molecular weight is 446 g/mol. The first-order valence-electron chi connectivity index (χ1n) is 10.9. The van der Waals surface area contributed by atoms with Crippen LogP contribution >= 0.6 is 0 Å². The molecular formula is C26H27N3O4. The van der Waals surface area contributed by atoms with E-state index in [1.807, 2.05) is 55.5 Å². The largest absolute Gasteiger partial charge is 0.493 e. The summed E-state index contributed by atoms with van der Waals surface area (Å²) in [4.78, 5) is 30.6. The molecule has 0 saturated carbocycles. The molecule has 0 saturated heterocycles. The first-order valence-corrected chi connectivity index (χ1v) is 10.9. The van der Waals surface area contributed by atoms with Crippen molar-refractivity contribution in [2.24, 2.45) is 0 Å². The third-order valence-corrected chi connectivity index (χ3v) is 5.61. The normalized spacial score (nSPS) is 15.1. The SMILES string of the molecule is CCCN1C(=O)c2ccccc2N(C(=O)Nc2ccccc2)C1c1cccc(OC)c1OC. The van der Waals surface area contributed by atoms with Crippen LogP contribution in [0.3, 0.4) is 0 Å². The van der Waals surface area contributed by atoms with E-state index in [1.165, 1.54) is 0 Å². The van der Waals surface area contributed by atoms with Crippen LogP contribution in [0.2, 0.25) is 0 Å². The number of urea groups is 1. The van der Waals surface area contributed by atoms with Crippen molar-refractivity contribution in [2.45, 2.75) is 19.5 Å². The van der Waals surface area contributed by atoms with Crippen molar-refractivity contribution in [3.05, 3.63) is 83.9 Å². The maximum Gasteiger partial charge on any atom is 0.328 e. The topological polar surface area (TPSA) is 71.1 Å². The molecule has 1 aliphatic rings. The molecule has 3 aromatic carbocycles. The standard InChI is InChI=1S/C26H27N3O4/c1-4-17-28-24(20-14-10-16-22(32-2)23(20)33-3)29(21-15-9-8-13-19(21)25(28)30)26(31)27-18-11-6-5-7-12-18/h5-16,24H,4,17H2,1-3H3,(H,27,31). The van der Waals surface area contributed by atoms with Crippen molar-refractivity contribution in [2.75, 3.05) is 31.0 Å². The lowest BCUT2D eigenvalue weighted by Crippen LogP contribution is -2.53. The van der Waals surface area contributed by atoms with Gasteiger partial charge in [-0.1, -0.05) is 49.4 Å². The van der Waals surface area contributed by atoms with Crippen LogP contribution < -0.4 is 19.7 Å². The monoisotopic (exact) mass is 445 g/mol. The molecule has 0 aliphatic carbocycles. The van der Waals surface area contributed by atoms with Gasteiger partial charge in [-0.15, -0.1) is 0 Å². The molecule has 0 fully saturated rings. The Hall–Kier alpha value is -4.00. The van der Waals surface area contributed by atoms with Crippen molar-refractivity contribution < 1.29 is 19.1 Å². The first kappa shape index (κ1) is 22.2. The van der Waals surface area contributed by atoms with Gasteiger partial charge in [-0.3, -0.25) is 9.69 Å². The molecule has 4 rings (SSSR count). The molecule has 33 heavy (non-hydrogen) atoms. The number of carbonyl (C=O) groups excluding carboxylic acids is 2. The minimum absolute atomic E-state index is 0.133. The third-order valence-electron chi connectivity index (χ3n) is 5.61. The number of rotatable bonds is 6. The molecular weight excluding hydrogens is 418 g/mol. The van der Waals surface area contributed by atoms with Crippen LogP contribution in [0.4, 0.5) is 16.2 Å². The number of ether oxygens (including phenoxy) is 2. The summed E-state index contributed by atoms with van der Waals surface area (Å²) in [6.07, 6.45) is 0.00583. The van der Waals surface area contributed by atoms with Gasteiger partial charge in [0, 0.05) is 17.8 Å². The summed E-state index contributed by atoms with van der Waals surface area (Å²) in [5.41, 5.74) is 2.34. The number of benzene rings is 3. The molecule has 7 nitrogen and oxygen atoms in total.